The van der Waals surface area contributed by atoms with Crippen molar-refractivity contribution in [3.63, 3.8) is 0 Å². The van der Waals surface area contributed by atoms with E-state index >= 15 is 0 Å². The first kappa shape index (κ1) is 18.1. The second-order valence-corrected chi connectivity index (χ2v) is 11.3. The SMILES string of the molecule is C[C@@]1(O)CC[C@]23CO[C@H](C[C@@H]4C2CC[C@]2(C)[C@@H](C(=O)CBr)CC[C@@H]42)C3C1. The van der Waals surface area contributed by atoms with Gasteiger partial charge >= 0.3 is 0 Å². The van der Waals surface area contributed by atoms with E-state index in [1.54, 1.807) is 0 Å². The first-order chi connectivity index (χ1) is 12.3. The number of Topliss-reactive ketones (excluding diaryl/α,β-unsaturated/α-hetero) is 1. The number of ether oxygens (including phenoxy) is 1. The van der Waals surface area contributed by atoms with E-state index in [1.165, 1.54) is 25.7 Å². The lowest BCUT2D eigenvalue weighted by molar-refractivity contribution is -0.143. The molecule has 0 aromatic rings. The van der Waals surface area contributed by atoms with Crippen molar-refractivity contribution in [2.75, 3.05) is 11.9 Å². The second kappa shape index (κ2) is 5.79. The molecule has 3 nitrogen and oxygen atoms in total. The molecule has 5 rings (SSSR count). The third-order valence-corrected chi connectivity index (χ3v) is 10.3. The van der Waals surface area contributed by atoms with Gasteiger partial charge < -0.3 is 9.84 Å². The largest absolute Gasteiger partial charge is 0.390 e. The summed E-state index contributed by atoms with van der Waals surface area (Å²) >= 11 is 3.43. The maximum Gasteiger partial charge on any atom is 0.147 e. The highest BCUT2D eigenvalue weighted by Crippen LogP contribution is 2.70. The molecule has 2 bridgehead atoms. The fourth-order valence-corrected chi connectivity index (χ4v) is 8.94. The molecule has 1 aliphatic heterocycles. The predicted octanol–water partition coefficient (Wildman–Crippen LogP) is 4.35. The summed E-state index contributed by atoms with van der Waals surface area (Å²) in [7, 11) is 0. The molecule has 0 aromatic carbocycles. The van der Waals surface area contributed by atoms with E-state index in [4.69, 9.17) is 4.74 Å². The van der Waals surface area contributed by atoms with Crippen molar-refractivity contribution in [1.29, 1.82) is 0 Å². The number of rotatable bonds is 2. The molecular weight excluding hydrogens is 392 g/mol. The minimum atomic E-state index is -0.503. The third-order valence-electron chi connectivity index (χ3n) is 9.74. The number of ketones is 1. The van der Waals surface area contributed by atoms with E-state index < -0.39 is 5.60 Å². The van der Waals surface area contributed by atoms with Gasteiger partial charge in [0.2, 0.25) is 0 Å². The van der Waals surface area contributed by atoms with Gasteiger partial charge in [-0.15, -0.1) is 0 Å². The summed E-state index contributed by atoms with van der Waals surface area (Å²) in [5.74, 6) is 3.41. The van der Waals surface area contributed by atoms with Crippen LogP contribution >= 0.6 is 15.9 Å². The number of hydrogen-bond donors (Lipinski definition) is 1. The Hall–Kier alpha value is 0.0700. The molecule has 4 saturated carbocycles. The number of fused-ring (bicyclic) bond motifs is 3. The Bertz CT molecular complexity index is 619. The molecule has 0 radical (unpaired) electrons. The van der Waals surface area contributed by atoms with Crippen molar-refractivity contribution in [1.82, 2.24) is 0 Å². The molecule has 0 aromatic heterocycles. The van der Waals surface area contributed by atoms with Gasteiger partial charge in [0.15, 0.2) is 0 Å². The van der Waals surface area contributed by atoms with Crippen molar-refractivity contribution in [2.24, 2.45) is 40.4 Å². The van der Waals surface area contributed by atoms with Gasteiger partial charge in [-0.1, -0.05) is 22.9 Å². The van der Waals surface area contributed by atoms with Gasteiger partial charge in [0.25, 0.3) is 0 Å². The Labute approximate surface area is 165 Å². The van der Waals surface area contributed by atoms with Crippen LogP contribution in [0.3, 0.4) is 0 Å². The quantitative estimate of drug-likeness (QED) is 0.670. The lowest BCUT2D eigenvalue weighted by atomic mass is 9.44. The highest BCUT2D eigenvalue weighted by Gasteiger charge is 2.67. The van der Waals surface area contributed by atoms with E-state index in [9.17, 15) is 9.90 Å². The van der Waals surface area contributed by atoms with Crippen LogP contribution in [-0.2, 0) is 9.53 Å². The minimum absolute atomic E-state index is 0.203. The summed E-state index contributed by atoms with van der Waals surface area (Å²) in [6.45, 7) is 5.37. The van der Waals surface area contributed by atoms with Gasteiger partial charge in [-0.2, -0.15) is 0 Å². The molecular formula is C22H33BrO3. The molecule has 1 N–H and O–H groups in total. The van der Waals surface area contributed by atoms with Crippen LogP contribution < -0.4 is 0 Å². The number of carbonyl (C=O) groups is 1. The van der Waals surface area contributed by atoms with Gasteiger partial charge in [-0.05, 0) is 87.4 Å². The van der Waals surface area contributed by atoms with Crippen molar-refractivity contribution in [2.45, 2.75) is 76.9 Å². The molecule has 5 aliphatic rings. The Morgan fingerprint density at radius 2 is 1.92 bits per heavy atom. The molecule has 26 heavy (non-hydrogen) atoms. The zero-order valence-corrected chi connectivity index (χ0v) is 17.8. The highest BCUT2D eigenvalue weighted by molar-refractivity contribution is 9.09. The van der Waals surface area contributed by atoms with Crippen molar-refractivity contribution < 1.29 is 14.6 Å². The average molecular weight is 425 g/mol. The summed E-state index contributed by atoms with van der Waals surface area (Å²) in [4.78, 5) is 12.6. The third kappa shape index (κ3) is 2.27. The fourth-order valence-electron chi connectivity index (χ4n) is 8.55. The molecule has 4 heteroatoms. The molecule has 1 heterocycles. The Morgan fingerprint density at radius 3 is 2.69 bits per heavy atom. The highest BCUT2D eigenvalue weighted by atomic mass is 79.9. The van der Waals surface area contributed by atoms with Crippen LogP contribution in [-0.4, -0.2) is 34.5 Å². The Kier molecular flexibility index (Phi) is 4.04. The summed E-state index contributed by atoms with van der Waals surface area (Å²) in [5.41, 5.74) is 0.0145. The van der Waals surface area contributed by atoms with Crippen LogP contribution in [0.25, 0.3) is 0 Å². The molecule has 9 atom stereocenters. The Morgan fingerprint density at radius 1 is 1.12 bits per heavy atom. The summed E-state index contributed by atoms with van der Waals surface area (Å²) in [5, 5.41) is 11.2. The number of aliphatic hydroxyl groups is 1. The summed E-state index contributed by atoms with van der Waals surface area (Å²) in [6.07, 6.45) is 9.28. The number of carbonyl (C=O) groups excluding carboxylic acids is 1. The Balaban J connectivity index is 1.46. The second-order valence-electron chi connectivity index (χ2n) is 10.8. The molecule has 1 saturated heterocycles. The number of hydrogen-bond acceptors (Lipinski definition) is 3. The molecule has 5 fully saturated rings. The molecule has 2 unspecified atom stereocenters. The number of halogens is 1. The first-order valence-corrected chi connectivity index (χ1v) is 11.9. The van der Waals surface area contributed by atoms with Crippen molar-refractivity contribution in [3.05, 3.63) is 0 Å². The van der Waals surface area contributed by atoms with Crippen LogP contribution in [0, 0.1) is 40.4 Å². The van der Waals surface area contributed by atoms with E-state index in [-0.39, 0.29) is 11.3 Å². The number of alkyl halides is 1. The van der Waals surface area contributed by atoms with Crippen molar-refractivity contribution in [3.8, 4) is 0 Å². The van der Waals surface area contributed by atoms with Gasteiger partial charge in [0, 0.05) is 11.3 Å². The van der Waals surface area contributed by atoms with E-state index in [0.717, 1.165) is 44.1 Å². The van der Waals surface area contributed by atoms with Crippen LogP contribution in [0.2, 0.25) is 0 Å². The van der Waals surface area contributed by atoms with Gasteiger partial charge in [-0.3, -0.25) is 4.79 Å². The average Bonchev–Trinajstić information content (AvgIpc) is 3.07. The first-order valence-electron chi connectivity index (χ1n) is 10.7. The van der Waals surface area contributed by atoms with E-state index in [0.29, 0.717) is 34.5 Å². The fraction of sp³-hybridized carbons (Fsp3) is 0.955. The monoisotopic (exact) mass is 424 g/mol. The maximum atomic E-state index is 12.6. The standard InChI is InChI=1S/C22H33BrO3/c1-20(25)7-8-22-12-26-19(17(22)10-20)9-13-14-3-4-16(18(24)11-23)21(14,2)6-5-15(13)22/h13-17,19,25H,3-12H2,1-2H3/t13-,14-,15?,16+,17?,19+,20+,21-,22-/m0/s1. The van der Waals surface area contributed by atoms with Crippen LogP contribution in [0.4, 0.5) is 0 Å². The van der Waals surface area contributed by atoms with E-state index in [1.807, 2.05) is 6.92 Å². The molecule has 0 amide bonds. The predicted molar refractivity (Wildman–Crippen MR) is 104 cm³/mol. The smallest absolute Gasteiger partial charge is 0.147 e. The van der Waals surface area contributed by atoms with Crippen LogP contribution in [0.1, 0.15) is 65.2 Å². The lowest BCUT2D eigenvalue weighted by Crippen LogP contribution is -2.58. The summed E-state index contributed by atoms with van der Waals surface area (Å²) < 4.78 is 6.39. The molecule has 4 aliphatic carbocycles. The van der Waals surface area contributed by atoms with E-state index in [2.05, 4.69) is 22.9 Å². The van der Waals surface area contributed by atoms with Gasteiger partial charge in [0.1, 0.15) is 5.78 Å². The van der Waals surface area contributed by atoms with Crippen molar-refractivity contribution >= 4 is 21.7 Å². The topological polar surface area (TPSA) is 46.5 Å². The zero-order chi connectivity index (χ0) is 18.3. The van der Waals surface area contributed by atoms with Crippen LogP contribution in [0.5, 0.6) is 0 Å². The summed E-state index contributed by atoms with van der Waals surface area (Å²) in [6, 6.07) is 0. The molecule has 0 spiro atoms. The van der Waals surface area contributed by atoms with Crippen LogP contribution in [0.15, 0.2) is 0 Å². The van der Waals surface area contributed by atoms with Gasteiger partial charge in [-0.25, -0.2) is 0 Å². The minimum Gasteiger partial charge on any atom is -0.390 e. The normalized spacial score (nSPS) is 58.0. The lowest BCUT2D eigenvalue weighted by Gasteiger charge is -2.60. The molecule has 146 valence electrons. The zero-order valence-electron chi connectivity index (χ0n) is 16.2. The maximum absolute atomic E-state index is 12.6. The van der Waals surface area contributed by atoms with Gasteiger partial charge in [0.05, 0.1) is 23.6 Å².